The van der Waals surface area contributed by atoms with Gasteiger partial charge in [0, 0.05) is 10.7 Å². The van der Waals surface area contributed by atoms with Gasteiger partial charge in [0.25, 0.3) is 5.91 Å². The fourth-order valence-corrected chi connectivity index (χ4v) is 5.30. The van der Waals surface area contributed by atoms with Crippen molar-refractivity contribution in [2.24, 2.45) is 0 Å². The number of benzene rings is 2. The van der Waals surface area contributed by atoms with E-state index < -0.39 is 17.8 Å². The van der Waals surface area contributed by atoms with Crippen LogP contribution in [0, 0.1) is 11.3 Å². The van der Waals surface area contributed by atoms with Gasteiger partial charge < -0.3 is 29.8 Å². The summed E-state index contributed by atoms with van der Waals surface area (Å²) in [6, 6.07) is 16.8. The number of furan rings is 1. The van der Waals surface area contributed by atoms with E-state index in [1.165, 1.54) is 26.5 Å². The second kappa shape index (κ2) is 13.1. The second-order valence-corrected chi connectivity index (χ2v) is 10.1. The number of rotatable bonds is 9. The summed E-state index contributed by atoms with van der Waals surface area (Å²) >= 11 is 7.16. The Labute approximate surface area is 245 Å². The first-order chi connectivity index (χ1) is 19.8. The number of hydrogen-bond donors (Lipinski definition) is 3. The normalized spacial score (nSPS) is 14.6. The minimum absolute atomic E-state index is 0.0601. The molecular formula is C29H25ClN4O6S. The molecule has 0 radical (unpaired) electrons. The number of hydrogen-bond acceptors (Lipinski definition) is 9. The van der Waals surface area contributed by atoms with E-state index in [4.69, 9.17) is 25.5 Å². The molecule has 0 unspecified atom stereocenters. The Bertz CT molecular complexity index is 1590. The number of nitriles is 1. The number of halogens is 1. The number of esters is 1. The molecule has 0 fully saturated rings. The van der Waals surface area contributed by atoms with Gasteiger partial charge in [-0.2, -0.15) is 5.26 Å². The minimum Gasteiger partial charge on any atom is -0.495 e. The molecule has 1 aliphatic heterocycles. The summed E-state index contributed by atoms with van der Waals surface area (Å²) in [4.78, 5) is 38.7. The predicted octanol–water partition coefficient (Wildman–Crippen LogP) is 5.43. The van der Waals surface area contributed by atoms with E-state index in [-0.39, 0.29) is 34.1 Å². The van der Waals surface area contributed by atoms with Gasteiger partial charge >= 0.3 is 5.97 Å². The number of anilines is 2. The molecule has 41 heavy (non-hydrogen) atoms. The number of para-hydroxylation sites is 1. The molecule has 10 nitrogen and oxygen atoms in total. The van der Waals surface area contributed by atoms with Crippen molar-refractivity contribution in [2.75, 3.05) is 30.6 Å². The molecule has 12 heteroatoms. The molecule has 2 heterocycles. The highest BCUT2D eigenvalue weighted by atomic mass is 35.5. The zero-order valence-corrected chi connectivity index (χ0v) is 23.8. The summed E-state index contributed by atoms with van der Waals surface area (Å²) in [6.45, 7) is 1.68. The predicted molar refractivity (Wildman–Crippen MR) is 155 cm³/mol. The van der Waals surface area contributed by atoms with Crippen molar-refractivity contribution in [1.82, 2.24) is 5.32 Å². The highest BCUT2D eigenvalue weighted by molar-refractivity contribution is 8.03. The van der Waals surface area contributed by atoms with E-state index in [1.54, 1.807) is 55.5 Å². The number of dihydropyridines is 1. The molecule has 3 aromatic rings. The molecule has 1 atom stereocenters. The van der Waals surface area contributed by atoms with Crippen molar-refractivity contribution in [3.8, 4) is 11.8 Å². The monoisotopic (exact) mass is 592 g/mol. The Morgan fingerprint density at radius 2 is 1.88 bits per heavy atom. The summed E-state index contributed by atoms with van der Waals surface area (Å²) in [5.41, 5.74) is 1.68. The fourth-order valence-electron chi connectivity index (χ4n) is 4.24. The SMILES string of the molecule is COC(=O)c1ccccc1NC(=O)C1=C(C)NC(SCC(=O)Nc2cc(Cl)ccc2OC)=C(C#N)[C@H]1c1ccco1. The molecule has 2 amide bonds. The molecular weight excluding hydrogens is 568 g/mol. The number of ether oxygens (including phenoxy) is 2. The Morgan fingerprint density at radius 1 is 1.10 bits per heavy atom. The molecule has 1 aromatic heterocycles. The number of carbonyl (C=O) groups excluding carboxylic acids is 3. The van der Waals surface area contributed by atoms with Crippen LogP contribution in [-0.2, 0) is 14.3 Å². The lowest BCUT2D eigenvalue weighted by atomic mass is 9.85. The molecule has 0 saturated heterocycles. The van der Waals surface area contributed by atoms with E-state index in [2.05, 4.69) is 22.0 Å². The molecule has 210 valence electrons. The van der Waals surface area contributed by atoms with Gasteiger partial charge in [-0.25, -0.2) is 4.79 Å². The molecule has 3 N–H and O–H groups in total. The van der Waals surface area contributed by atoms with Crippen LogP contribution in [0.1, 0.15) is 29.0 Å². The van der Waals surface area contributed by atoms with E-state index >= 15 is 0 Å². The third-order valence-corrected chi connectivity index (χ3v) is 7.34. The largest absolute Gasteiger partial charge is 0.495 e. The molecule has 0 saturated carbocycles. The third kappa shape index (κ3) is 6.57. The lowest BCUT2D eigenvalue weighted by molar-refractivity contribution is -0.114. The van der Waals surface area contributed by atoms with Crippen LogP contribution in [-0.4, -0.2) is 37.8 Å². The van der Waals surface area contributed by atoms with Crippen LogP contribution in [0.2, 0.25) is 5.02 Å². The van der Waals surface area contributed by atoms with Gasteiger partial charge in [0.15, 0.2) is 0 Å². The molecule has 1 aliphatic rings. The van der Waals surface area contributed by atoms with E-state index in [9.17, 15) is 19.6 Å². The smallest absolute Gasteiger partial charge is 0.339 e. The summed E-state index contributed by atoms with van der Waals surface area (Å²) in [5, 5.41) is 19.7. The Hall–Kier alpha value is -4.66. The van der Waals surface area contributed by atoms with Crippen LogP contribution in [0.5, 0.6) is 5.75 Å². The zero-order valence-electron chi connectivity index (χ0n) is 22.2. The molecule has 0 aliphatic carbocycles. The first-order valence-electron chi connectivity index (χ1n) is 12.2. The van der Waals surface area contributed by atoms with Crippen LogP contribution in [0.4, 0.5) is 11.4 Å². The van der Waals surface area contributed by atoms with Gasteiger partial charge in [-0.15, -0.1) is 0 Å². The maximum absolute atomic E-state index is 13.6. The van der Waals surface area contributed by atoms with Crippen molar-refractivity contribution in [1.29, 1.82) is 5.26 Å². The van der Waals surface area contributed by atoms with E-state index in [1.807, 2.05) is 0 Å². The van der Waals surface area contributed by atoms with Crippen LogP contribution in [0.3, 0.4) is 0 Å². The van der Waals surface area contributed by atoms with Crippen molar-refractivity contribution >= 4 is 52.5 Å². The first kappa shape index (κ1) is 29.3. The summed E-state index contributed by atoms with van der Waals surface area (Å²) in [5.74, 6) is -1.64. The fraction of sp³-hybridized carbons (Fsp3) is 0.172. The van der Waals surface area contributed by atoms with Crippen molar-refractivity contribution < 1.29 is 28.3 Å². The Morgan fingerprint density at radius 3 is 2.56 bits per heavy atom. The maximum atomic E-state index is 13.6. The number of thioether (sulfide) groups is 1. The molecule has 0 spiro atoms. The zero-order chi connectivity index (χ0) is 29.5. The van der Waals surface area contributed by atoms with Crippen molar-refractivity contribution in [3.05, 3.63) is 99.1 Å². The van der Waals surface area contributed by atoms with Gasteiger partial charge in [0.1, 0.15) is 11.5 Å². The number of amides is 2. The van der Waals surface area contributed by atoms with Crippen LogP contribution >= 0.6 is 23.4 Å². The van der Waals surface area contributed by atoms with Gasteiger partial charge in [-0.3, -0.25) is 9.59 Å². The number of methoxy groups -OCH3 is 2. The summed E-state index contributed by atoms with van der Waals surface area (Å²) < 4.78 is 15.7. The van der Waals surface area contributed by atoms with Crippen molar-refractivity contribution in [3.63, 3.8) is 0 Å². The average molecular weight is 593 g/mol. The first-order valence-corrected chi connectivity index (χ1v) is 13.5. The van der Waals surface area contributed by atoms with E-state index in [0.717, 1.165) is 11.8 Å². The highest BCUT2D eigenvalue weighted by Crippen LogP contribution is 2.41. The lowest BCUT2D eigenvalue weighted by Crippen LogP contribution is -2.31. The third-order valence-electron chi connectivity index (χ3n) is 6.08. The Balaban J connectivity index is 1.61. The number of carbonyl (C=O) groups is 3. The highest BCUT2D eigenvalue weighted by Gasteiger charge is 2.37. The van der Waals surface area contributed by atoms with Crippen LogP contribution in [0.25, 0.3) is 0 Å². The second-order valence-electron chi connectivity index (χ2n) is 8.64. The molecule has 2 aromatic carbocycles. The minimum atomic E-state index is -0.875. The van der Waals surface area contributed by atoms with Gasteiger partial charge in [0.2, 0.25) is 5.91 Å². The van der Waals surface area contributed by atoms with Gasteiger partial charge in [-0.1, -0.05) is 35.5 Å². The van der Waals surface area contributed by atoms with Gasteiger partial charge in [0.05, 0.1) is 71.3 Å². The van der Waals surface area contributed by atoms with E-state index in [0.29, 0.717) is 32.9 Å². The van der Waals surface area contributed by atoms with Crippen LogP contribution in [0.15, 0.2) is 87.1 Å². The Kier molecular flexibility index (Phi) is 9.39. The average Bonchev–Trinajstić information content (AvgIpc) is 3.50. The number of nitrogens with zero attached hydrogens (tertiary/aromatic N) is 1. The quantitative estimate of drug-likeness (QED) is 0.277. The topological polar surface area (TPSA) is 143 Å². The number of nitrogens with one attached hydrogen (secondary N) is 3. The summed E-state index contributed by atoms with van der Waals surface area (Å²) in [7, 11) is 2.73. The maximum Gasteiger partial charge on any atom is 0.339 e. The van der Waals surface area contributed by atoms with Crippen molar-refractivity contribution in [2.45, 2.75) is 12.8 Å². The number of allylic oxidation sites excluding steroid dienone is 2. The molecule has 4 rings (SSSR count). The van der Waals surface area contributed by atoms with Gasteiger partial charge in [-0.05, 0) is 49.4 Å². The van der Waals surface area contributed by atoms with Crippen LogP contribution < -0.4 is 20.7 Å². The standard InChI is InChI=1S/C29H25ClN4O6S/c1-16-25(27(36)34-20-8-5-4-7-18(20)29(37)39-3)26(23-9-6-12-40-23)19(14-31)28(32-16)41-15-24(35)33-21-13-17(30)10-11-22(21)38-2/h4-13,26,32H,15H2,1-3H3,(H,33,35)(H,34,36)/t26-/m0/s1. The summed E-state index contributed by atoms with van der Waals surface area (Å²) in [6.07, 6.45) is 1.45. The molecule has 0 bridgehead atoms. The lowest BCUT2D eigenvalue weighted by Gasteiger charge is -2.28.